The highest BCUT2D eigenvalue weighted by Gasteiger charge is 2.13. The van der Waals surface area contributed by atoms with Gasteiger partial charge in [0.1, 0.15) is 5.75 Å². The first-order valence-electron chi connectivity index (χ1n) is 9.10. The molecule has 2 aromatic carbocycles. The van der Waals surface area contributed by atoms with Gasteiger partial charge in [0.2, 0.25) is 0 Å². The SMILES string of the molecule is C(=C\c1ccccc1OCCCOC1CCCCO1)/c1ccccc1. The van der Waals surface area contributed by atoms with Gasteiger partial charge in [-0.1, -0.05) is 60.7 Å². The molecule has 1 aliphatic rings. The molecule has 0 amide bonds. The molecule has 0 bridgehead atoms. The minimum atomic E-state index is -0.0187. The van der Waals surface area contributed by atoms with Crippen LogP contribution in [-0.2, 0) is 9.47 Å². The van der Waals surface area contributed by atoms with Crippen LogP contribution in [0.1, 0.15) is 36.8 Å². The summed E-state index contributed by atoms with van der Waals surface area (Å²) in [4.78, 5) is 0. The zero-order valence-corrected chi connectivity index (χ0v) is 14.6. The van der Waals surface area contributed by atoms with Gasteiger partial charge < -0.3 is 14.2 Å². The number of hydrogen-bond donors (Lipinski definition) is 0. The van der Waals surface area contributed by atoms with Crippen molar-refractivity contribution >= 4 is 12.2 Å². The first-order valence-corrected chi connectivity index (χ1v) is 9.10. The van der Waals surface area contributed by atoms with Gasteiger partial charge in [0.25, 0.3) is 0 Å². The maximum Gasteiger partial charge on any atom is 0.157 e. The number of rotatable bonds is 8. The Labute approximate surface area is 150 Å². The summed E-state index contributed by atoms with van der Waals surface area (Å²) in [6.45, 7) is 2.14. The summed E-state index contributed by atoms with van der Waals surface area (Å²) in [5.74, 6) is 0.906. The Morgan fingerprint density at radius 2 is 1.76 bits per heavy atom. The third-order valence-electron chi connectivity index (χ3n) is 4.16. The normalized spacial score (nSPS) is 17.7. The van der Waals surface area contributed by atoms with Crippen molar-refractivity contribution in [2.45, 2.75) is 32.0 Å². The zero-order valence-electron chi connectivity index (χ0n) is 14.6. The van der Waals surface area contributed by atoms with Crippen LogP contribution in [0.4, 0.5) is 0 Å². The molecular formula is C22H26O3. The lowest BCUT2D eigenvalue weighted by atomic mass is 10.1. The van der Waals surface area contributed by atoms with E-state index >= 15 is 0 Å². The molecule has 1 saturated heterocycles. The van der Waals surface area contributed by atoms with E-state index in [2.05, 4.69) is 30.4 Å². The van der Waals surface area contributed by atoms with Gasteiger partial charge >= 0.3 is 0 Å². The van der Waals surface area contributed by atoms with Crippen LogP contribution < -0.4 is 4.74 Å². The van der Waals surface area contributed by atoms with Crippen molar-refractivity contribution in [2.24, 2.45) is 0 Å². The lowest BCUT2D eigenvalue weighted by Crippen LogP contribution is -2.23. The third-order valence-corrected chi connectivity index (χ3v) is 4.16. The molecule has 0 aromatic heterocycles. The molecule has 1 heterocycles. The Morgan fingerprint density at radius 3 is 2.60 bits per heavy atom. The number of ether oxygens (including phenoxy) is 3. The maximum absolute atomic E-state index is 5.94. The lowest BCUT2D eigenvalue weighted by molar-refractivity contribution is -0.163. The predicted molar refractivity (Wildman–Crippen MR) is 101 cm³/mol. The fourth-order valence-electron chi connectivity index (χ4n) is 2.80. The van der Waals surface area contributed by atoms with E-state index < -0.39 is 0 Å². The van der Waals surface area contributed by atoms with Crippen LogP contribution in [0, 0.1) is 0 Å². The molecule has 0 saturated carbocycles. The summed E-state index contributed by atoms with van der Waals surface area (Å²) in [6, 6.07) is 18.4. The molecule has 3 rings (SSSR count). The smallest absolute Gasteiger partial charge is 0.157 e. The molecular weight excluding hydrogens is 312 g/mol. The van der Waals surface area contributed by atoms with Crippen molar-refractivity contribution in [3.8, 4) is 5.75 Å². The van der Waals surface area contributed by atoms with E-state index in [1.54, 1.807) is 0 Å². The molecule has 3 nitrogen and oxygen atoms in total. The second kappa shape index (κ2) is 10.0. The molecule has 0 spiro atoms. The standard InChI is InChI=1S/C22H26O3/c1-2-9-19(10-3-1)14-15-20-11-4-5-12-21(20)23-17-8-18-25-22-13-6-7-16-24-22/h1-5,9-12,14-15,22H,6-8,13,16-18H2/b15-14+. The summed E-state index contributed by atoms with van der Waals surface area (Å²) >= 11 is 0. The number of benzene rings is 2. The van der Waals surface area contributed by atoms with E-state index in [0.717, 1.165) is 37.2 Å². The average Bonchev–Trinajstić information content (AvgIpc) is 2.68. The fraction of sp³-hybridized carbons (Fsp3) is 0.364. The van der Waals surface area contributed by atoms with Crippen LogP contribution in [0.2, 0.25) is 0 Å². The van der Waals surface area contributed by atoms with Crippen LogP contribution >= 0.6 is 0 Å². The predicted octanol–water partition coefficient (Wildman–Crippen LogP) is 5.17. The number of hydrogen-bond acceptors (Lipinski definition) is 3. The summed E-state index contributed by atoms with van der Waals surface area (Å²) in [6.07, 6.45) is 8.39. The van der Waals surface area contributed by atoms with Gasteiger partial charge in [0.05, 0.1) is 13.2 Å². The molecule has 25 heavy (non-hydrogen) atoms. The van der Waals surface area contributed by atoms with Gasteiger partial charge in [0.15, 0.2) is 6.29 Å². The van der Waals surface area contributed by atoms with E-state index in [0.29, 0.717) is 13.2 Å². The van der Waals surface area contributed by atoms with Crippen molar-refractivity contribution in [3.63, 3.8) is 0 Å². The second-order valence-electron chi connectivity index (χ2n) is 6.15. The highest BCUT2D eigenvalue weighted by Crippen LogP contribution is 2.21. The van der Waals surface area contributed by atoms with E-state index in [4.69, 9.17) is 14.2 Å². The van der Waals surface area contributed by atoms with Crippen LogP contribution in [0.5, 0.6) is 5.75 Å². The van der Waals surface area contributed by atoms with Crippen LogP contribution in [-0.4, -0.2) is 26.1 Å². The van der Waals surface area contributed by atoms with Gasteiger partial charge in [-0.05, 0) is 30.9 Å². The largest absolute Gasteiger partial charge is 0.493 e. The van der Waals surface area contributed by atoms with Gasteiger partial charge in [-0.25, -0.2) is 0 Å². The van der Waals surface area contributed by atoms with E-state index in [9.17, 15) is 0 Å². The van der Waals surface area contributed by atoms with Crippen LogP contribution in [0.25, 0.3) is 12.2 Å². The summed E-state index contributed by atoms with van der Waals surface area (Å²) in [5.41, 5.74) is 2.26. The zero-order chi connectivity index (χ0) is 17.2. The van der Waals surface area contributed by atoms with Crippen molar-refractivity contribution in [1.82, 2.24) is 0 Å². The number of para-hydroxylation sites is 1. The summed E-state index contributed by atoms with van der Waals surface area (Å²) in [7, 11) is 0. The maximum atomic E-state index is 5.94. The van der Waals surface area contributed by atoms with Crippen molar-refractivity contribution in [1.29, 1.82) is 0 Å². The first kappa shape index (κ1) is 17.7. The Morgan fingerprint density at radius 1 is 0.920 bits per heavy atom. The van der Waals surface area contributed by atoms with E-state index in [-0.39, 0.29) is 6.29 Å². The molecule has 1 aliphatic heterocycles. The Bertz CT molecular complexity index is 645. The van der Waals surface area contributed by atoms with Gasteiger partial charge in [-0.2, -0.15) is 0 Å². The molecule has 1 unspecified atom stereocenters. The average molecular weight is 338 g/mol. The van der Waals surface area contributed by atoms with Gasteiger partial charge in [0, 0.05) is 18.6 Å². The fourth-order valence-corrected chi connectivity index (χ4v) is 2.80. The molecule has 1 fully saturated rings. The Balaban J connectivity index is 1.45. The summed E-state index contributed by atoms with van der Waals surface area (Å²) in [5, 5.41) is 0. The van der Waals surface area contributed by atoms with Crippen LogP contribution in [0.3, 0.4) is 0 Å². The molecule has 0 N–H and O–H groups in total. The van der Waals surface area contributed by atoms with Crippen molar-refractivity contribution in [3.05, 3.63) is 65.7 Å². The van der Waals surface area contributed by atoms with E-state index in [1.165, 1.54) is 12.0 Å². The lowest BCUT2D eigenvalue weighted by Gasteiger charge is -2.22. The first-order chi connectivity index (χ1) is 12.4. The molecule has 0 radical (unpaired) electrons. The monoisotopic (exact) mass is 338 g/mol. The second-order valence-corrected chi connectivity index (χ2v) is 6.15. The summed E-state index contributed by atoms with van der Waals surface area (Å²) < 4.78 is 17.2. The third kappa shape index (κ3) is 6.04. The van der Waals surface area contributed by atoms with Crippen molar-refractivity contribution < 1.29 is 14.2 Å². The highest BCUT2D eigenvalue weighted by molar-refractivity contribution is 5.72. The highest BCUT2D eigenvalue weighted by atomic mass is 16.7. The topological polar surface area (TPSA) is 27.7 Å². The van der Waals surface area contributed by atoms with Gasteiger partial charge in [-0.15, -0.1) is 0 Å². The van der Waals surface area contributed by atoms with E-state index in [1.807, 2.05) is 36.4 Å². The Hall–Kier alpha value is -2.10. The molecule has 1 atom stereocenters. The Kier molecular flexibility index (Phi) is 7.10. The molecule has 0 aliphatic carbocycles. The molecule has 2 aromatic rings. The van der Waals surface area contributed by atoms with Crippen LogP contribution in [0.15, 0.2) is 54.6 Å². The van der Waals surface area contributed by atoms with Gasteiger partial charge in [-0.3, -0.25) is 0 Å². The molecule has 3 heteroatoms. The minimum Gasteiger partial charge on any atom is -0.493 e. The minimum absolute atomic E-state index is 0.0187. The van der Waals surface area contributed by atoms with Crippen molar-refractivity contribution in [2.75, 3.05) is 19.8 Å². The quantitative estimate of drug-likeness (QED) is 0.491. The molecule has 132 valence electrons.